The van der Waals surface area contributed by atoms with Crippen LogP contribution < -0.4 is 0 Å². The molecule has 0 aromatic heterocycles. The van der Waals surface area contributed by atoms with E-state index in [0.29, 0.717) is 6.42 Å². The smallest absolute Gasteiger partial charge is 0.309 e. The Hall–Kier alpha value is -0.570. The lowest BCUT2D eigenvalue weighted by Crippen LogP contribution is -2.33. The lowest BCUT2D eigenvalue weighted by atomic mass is 9.97. The molecule has 0 aromatic carbocycles. The Bertz CT molecular complexity index is 151. The molecule has 1 heterocycles. The molecule has 0 spiro atoms. The maximum absolute atomic E-state index is 10.6. The molecule has 0 bridgehead atoms. The summed E-state index contributed by atoms with van der Waals surface area (Å²) in [6.45, 7) is 3.52. The monoisotopic (exact) mass is 144 g/mol. The van der Waals surface area contributed by atoms with Gasteiger partial charge in [-0.05, 0) is 13.3 Å². The van der Waals surface area contributed by atoms with Crippen LogP contribution in [0.4, 0.5) is 0 Å². The summed E-state index contributed by atoms with van der Waals surface area (Å²) in [4.78, 5) is 10.6. The average Bonchev–Trinajstić information content (AvgIpc) is 2.04. The minimum atomic E-state index is -0.939. The molecule has 1 aliphatic heterocycles. The number of cyclic esters (lactones) is 1. The van der Waals surface area contributed by atoms with Crippen LogP contribution in [-0.4, -0.2) is 22.8 Å². The molecule has 0 radical (unpaired) electrons. The highest BCUT2D eigenvalue weighted by atomic mass is 16.6. The zero-order chi connectivity index (χ0) is 7.78. The van der Waals surface area contributed by atoms with Gasteiger partial charge in [-0.25, -0.2) is 0 Å². The van der Waals surface area contributed by atoms with Gasteiger partial charge in [0, 0.05) is 0 Å². The predicted molar refractivity (Wildman–Crippen MR) is 35.4 cm³/mol. The second kappa shape index (κ2) is 2.23. The van der Waals surface area contributed by atoms with Crippen LogP contribution in [-0.2, 0) is 9.53 Å². The summed E-state index contributed by atoms with van der Waals surface area (Å²) in [6.07, 6.45) is 0.504. The number of esters is 1. The Kier molecular flexibility index (Phi) is 1.68. The van der Waals surface area contributed by atoms with Crippen molar-refractivity contribution in [2.75, 3.05) is 0 Å². The van der Waals surface area contributed by atoms with Crippen molar-refractivity contribution in [2.45, 2.75) is 38.4 Å². The normalized spacial score (nSPS) is 39.9. The van der Waals surface area contributed by atoms with Gasteiger partial charge in [-0.2, -0.15) is 0 Å². The van der Waals surface area contributed by atoms with Crippen molar-refractivity contribution in [1.29, 1.82) is 0 Å². The van der Waals surface area contributed by atoms with Gasteiger partial charge in [0.1, 0.15) is 11.7 Å². The predicted octanol–water partition coefficient (Wildman–Crippen LogP) is 0.463. The summed E-state index contributed by atoms with van der Waals surface area (Å²) in [5.74, 6) is -0.295. The molecule has 0 aliphatic carbocycles. The molecule has 0 saturated carbocycles. The van der Waals surface area contributed by atoms with Crippen LogP contribution in [0.3, 0.4) is 0 Å². The summed E-state index contributed by atoms with van der Waals surface area (Å²) in [5, 5.41) is 9.48. The summed E-state index contributed by atoms with van der Waals surface area (Å²) >= 11 is 0. The Morgan fingerprint density at radius 2 is 2.50 bits per heavy atom. The molecule has 58 valence electrons. The maximum atomic E-state index is 10.6. The van der Waals surface area contributed by atoms with Crippen molar-refractivity contribution < 1.29 is 14.6 Å². The molecule has 1 saturated heterocycles. The van der Waals surface area contributed by atoms with E-state index in [1.165, 1.54) is 0 Å². The van der Waals surface area contributed by atoms with E-state index in [-0.39, 0.29) is 18.5 Å². The van der Waals surface area contributed by atoms with Gasteiger partial charge in [0.05, 0.1) is 6.42 Å². The second-order valence-electron chi connectivity index (χ2n) is 2.92. The van der Waals surface area contributed by atoms with Crippen LogP contribution >= 0.6 is 0 Å². The van der Waals surface area contributed by atoms with Crippen LogP contribution in [0.5, 0.6) is 0 Å². The van der Waals surface area contributed by atoms with Crippen LogP contribution in [0.1, 0.15) is 26.7 Å². The Balaban J connectivity index is 2.67. The topological polar surface area (TPSA) is 46.5 Å². The molecule has 0 amide bonds. The van der Waals surface area contributed by atoms with E-state index in [2.05, 4.69) is 0 Å². The van der Waals surface area contributed by atoms with Crippen LogP contribution in [0, 0.1) is 0 Å². The number of hydrogen-bond donors (Lipinski definition) is 1. The second-order valence-corrected chi connectivity index (χ2v) is 2.92. The van der Waals surface area contributed by atoms with E-state index < -0.39 is 5.60 Å². The zero-order valence-electron chi connectivity index (χ0n) is 6.26. The molecule has 3 heteroatoms. The standard InChI is InChI=1S/C7H12O3/c1-3-5-7(2,9)4-6(8)10-5/h5,9H,3-4H2,1-2H3. The highest BCUT2D eigenvalue weighted by Crippen LogP contribution is 2.27. The van der Waals surface area contributed by atoms with E-state index in [9.17, 15) is 9.90 Å². The van der Waals surface area contributed by atoms with Crippen LogP contribution in [0.25, 0.3) is 0 Å². The van der Waals surface area contributed by atoms with Gasteiger partial charge in [-0.15, -0.1) is 0 Å². The minimum Gasteiger partial charge on any atom is -0.459 e. The van der Waals surface area contributed by atoms with Crippen molar-refractivity contribution in [3.63, 3.8) is 0 Å². The van der Waals surface area contributed by atoms with Crippen molar-refractivity contribution in [3.8, 4) is 0 Å². The fourth-order valence-corrected chi connectivity index (χ4v) is 1.26. The average molecular weight is 144 g/mol. The number of aliphatic hydroxyl groups is 1. The van der Waals surface area contributed by atoms with E-state index in [1.807, 2.05) is 6.92 Å². The van der Waals surface area contributed by atoms with Gasteiger partial charge in [0.2, 0.25) is 0 Å². The number of carbonyl (C=O) groups excluding carboxylic acids is 1. The molecule has 1 aliphatic rings. The fourth-order valence-electron chi connectivity index (χ4n) is 1.26. The highest BCUT2D eigenvalue weighted by molar-refractivity contribution is 5.73. The molecule has 2 unspecified atom stereocenters. The molecule has 10 heavy (non-hydrogen) atoms. The number of carbonyl (C=O) groups is 1. The van der Waals surface area contributed by atoms with E-state index in [0.717, 1.165) is 0 Å². The van der Waals surface area contributed by atoms with Gasteiger partial charge in [-0.3, -0.25) is 4.79 Å². The lowest BCUT2D eigenvalue weighted by molar-refractivity contribution is -0.142. The molecule has 1 fully saturated rings. The van der Waals surface area contributed by atoms with E-state index >= 15 is 0 Å². The quantitative estimate of drug-likeness (QED) is 0.544. The zero-order valence-corrected chi connectivity index (χ0v) is 6.26. The molecule has 1 rings (SSSR count). The first kappa shape index (κ1) is 7.54. The summed E-state index contributed by atoms with van der Waals surface area (Å²) < 4.78 is 4.84. The minimum absolute atomic E-state index is 0.130. The summed E-state index contributed by atoms with van der Waals surface area (Å²) in [6, 6.07) is 0. The van der Waals surface area contributed by atoms with Crippen molar-refractivity contribution in [2.24, 2.45) is 0 Å². The van der Waals surface area contributed by atoms with Gasteiger partial charge in [0.15, 0.2) is 0 Å². The molecule has 1 N–H and O–H groups in total. The van der Waals surface area contributed by atoms with Crippen LogP contribution in [0.2, 0.25) is 0 Å². The molecule has 2 atom stereocenters. The first-order chi connectivity index (χ1) is 4.56. The maximum Gasteiger partial charge on any atom is 0.309 e. The number of hydrogen-bond acceptors (Lipinski definition) is 3. The number of rotatable bonds is 1. The fraction of sp³-hybridized carbons (Fsp3) is 0.857. The van der Waals surface area contributed by atoms with Gasteiger partial charge in [-0.1, -0.05) is 6.92 Å². The first-order valence-electron chi connectivity index (χ1n) is 3.48. The molecular formula is C7H12O3. The molecule has 0 aromatic rings. The van der Waals surface area contributed by atoms with Crippen molar-refractivity contribution >= 4 is 5.97 Å². The largest absolute Gasteiger partial charge is 0.459 e. The summed E-state index contributed by atoms with van der Waals surface area (Å²) in [5.41, 5.74) is -0.939. The first-order valence-corrected chi connectivity index (χ1v) is 3.48. The Morgan fingerprint density at radius 1 is 1.90 bits per heavy atom. The lowest BCUT2D eigenvalue weighted by Gasteiger charge is -2.20. The molecular weight excluding hydrogens is 132 g/mol. The Morgan fingerprint density at radius 3 is 2.70 bits per heavy atom. The van der Waals surface area contributed by atoms with Gasteiger partial charge in [0.25, 0.3) is 0 Å². The third-order valence-electron chi connectivity index (χ3n) is 1.84. The third-order valence-corrected chi connectivity index (χ3v) is 1.84. The highest BCUT2D eigenvalue weighted by Gasteiger charge is 2.42. The van der Waals surface area contributed by atoms with Gasteiger partial charge < -0.3 is 9.84 Å². The third kappa shape index (κ3) is 1.14. The van der Waals surface area contributed by atoms with Crippen molar-refractivity contribution in [3.05, 3.63) is 0 Å². The van der Waals surface area contributed by atoms with Crippen LogP contribution in [0.15, 0.2) is 0 Å². The summed E-state index contributed by atoms with van der Waals surface area (Å²) in [7, 11) is 0. The SMILES string of the molecule is CCC1OC(=O)CC1(C)O. The Labute approximate surface area is 60.0 Å². The van der Waals surface area contributed by atoms with Gasteiger partial charge >= 0.3 is 5.97 Å². The van der Waals surface area contributed by atoms with Crippen molar-refractivity contribution in [1.82, 2.24) is 0 Å². The number of ether oxygens (including phenoxy) is 1. The van der Waals surface area contributed by atoms with E-state index in [4.69, 9.17) is 4.74 Å². The molecule has 3 nitrogen and oxygen atoms in total. The van der Waals surface area contributed by atoms with E-state index in [1.54, 1.807) is 6.92 Å².